The zero-order valence-electron chi connectivity index (χ0n) is 14.9. The van der Waals surface area contributed by atoms with Crippen molar-refractivity contribution in [3.05, 3.63) is 89.7 Å². The largest absolute Gasteiger partial charge is 0.508 e. The van der Waals surface area contributed by atoms with Crippen molar-refractivity contribution < 1.29 is 14.6 Å². The molecule has 0 unspecified atom stereocenters. The second-order valence-corrected chi connectivity index (χ2v) is 6.93. The quantitative estimate of drug-likeness (QED) is 0.430. The van der Waals surface area contributed by atoms with Crippen LogP contribution in [0.4, 0.5) is 4.39 Å². The summed E-state index contributed by atoms with van der Waals surface area (Å²) in [5.41, 5.74) is 6.68. The third-order valence-electron chi connectivity index (χ3n) is 5.16. The molecule has 1 aromatic heterocycles. The Morgan fingerprint density at radius 3 is 2.39 bits per heavy atom. The van der Waals surface area contributed by atoms with E-state index in [1.807, 2.05) is 36.4 Å². The van der Waals surface area contributed by atoms with Gasteiger partial charge in [0.05, 0.1) is 11.4 Å². The number of nitrogens with zero attached hydrogens (tertiary/aromatic N) is 1. The van der Waals surface area contributed by atoms with Crippen molar-refractivity contribution in [2.45, 2.75) is 6.42 Å². The second kappa shape index (κ2) is 6.20. The molecule has 0 spiro atoms. The highest BCUT2D eigenvalue weighted by atomic mass is 19.1. The summed E-state index contributed by atoms with van der Waals surface area (Å²) in [5, 5.41) is 20.1. The third kappa shape index (κ3) is 2.62. The van der Waals surface area contributed by atoms with E-state index in [1.54, 1.807) is 24.3 Å². The molecule has 4 heteroatoms. The van der Waals surface area contributed by atoms with E-state index in [0.717, 1.165) is 33.5 Å². The lowest BCUT2D eigenvalue weighted by atomic mass is 9.96. The minimum absolute atomic E-state index is 0.191. The number of pyridine rings is 1. The lowest BCUT2D eigenvalue weighted by molar-refractivity contribution is 0.475. The Balaban J connectivity index is 1.80. The molecule has 136 valence electrons. The zero-order valence-corrected chi connectivity index (χ0v) is 14.9. The fourth-order valence-corrected chi connectivity index (χ4v) is 3.85. The standard InChI is InChI=1S/C24H16FNO2/c25-17-5-1-3-15(11-17)21-13-19(14-7-9-18(27)10-8-14)20-12-16-4-2-6-22(28)23(16)24(20)26-21/h1-11,13,27-28H,12H2. The molecule has 1 heterocycles. The molecule has 0 saturated heterocycles. The van der Waals surface area contributed by atoms with Crippen molar-refractivity contribution in [3.8, 4) is 45.1 Å². The van der Waals surface area contributed by atoms with Crippen LogP contribution >= 0.6 is 0 Å². The maximum Gasteiger partial charge on any atom is 0.125 e. The number of hydrogen-bond acceptors (Lipinski definition) is 3. The van der Waals surface area contributed by atoms with E-state index in [2.05, 4.69) is 0 Å². The first-order chi connectivity index (χ1) is 13.6. The summed E-state index contributed by atoms with van der Waals surface area (Å²) in [6.07, 6.45) is 0.658. The number of benzene rings is 3. The average Bonchev–Trinajstić information content (AvgIpc) is 3.08. The smallest absolute Gasteiger partial charge is 0.125 e. The number of phenols is 2. The summed E-state index contributed by atoms with van der Waals surface area (Å²) in [6.45, 7) is 0. The minimum atomic E-state index is -0.325. The Kier molecular flexibility index (Phi) is 3.66. The Morgan fingerprint density at radius 2 is 1.61 bits per heavy atom. The Bertz CT molecular complexity index is 1220. The molecule has 0 fully saturated rings. The van der Waals surface area contributed by atoms with Gasteiger partial charge in [0, 0.05) is 17.5 Å². The lowest BCUT2D eigenvalue weighted by Crippen LogP contribution is -1.95. The molecule has 3 aromatic carbocycles. The molecule has 0 atom stereocenters. The van der Waals surface area contributed by atoms with Crippen LogP contribution in [-0.4, -0.2) is 15.2 Å². The maximum absolute atomic E-state index is 13.8. The van der Waals surface area contributed by atoms with Crippen LogP contribution in [0.2, 0.25) is 0 Å². The first-order valence-corrected chi connectivity index (χ1v) is 9.00. The van der Waals surface area contributed by atoms with Crippen molar-refractivity contribution in [1.82, 2.24) is 4.98 Å². The molecule has 0 saturated carbocycles. The van der Waals surface area contributed by atoms with Crippen LogP contribution in [0.1, 0.15) is 11.1 Å². The van der Waals surface area contributed by atoms with Gasteiger partial charge in [0.15, 0.2) is 0 Å². The normalized spacial score (nSPS) is 11.9. The van der Waals surface area contributed by atoms with Crippen LogP contribution in [0.3, 0.4) is 0 Å². The van der Waals surface area contributed by atoms with Crippen molar-refractivity contribution in [2.75, 3.05) is 0 Å². The molecule has 3 nitrogen and oxygen atoms in total. The van der Waals surface area contributed by atoms with E-state index >= 15 is 0 Å². The zero-order chi connectivity index (χ0) is 19.3. The van der Waals surface area contributed by atoms with Gasteiger partial charge in [-0.15, -0.1) is 0 Å². The topological polar surface area (TPSA) is 53.4 Å². The minimum Gasteiger partial charge on any atom is -0.508 e. The van der Waals surface area contributed by atoms with Gasteiger partial charge in [0.1, 0.15) is 17.3 Å². The highest BCUT2D eigenvalue weighted by Gasteiger charge is 2.27. The summed E-state index contributed by atoms with van der Waals surface area (Å²) in [7, 11) is 0. The fourth-order valence-electron chi connectivity index (χ4n) is 3.85. The number of fused-ring (bicyclic) bond motifs is 3. The maximum atomic E-state index is 13.8. The van der Waals surface area contributed by atoms with Crippen molar-refractivity contribution in [3.63, 3.8) is 0 Å². The molecule has 5 rings (SSSR count). The number of phenolic OH excluding ortho intramolecular Hbond substituents is 2. The van der Waals surface area contributed by atoms with Gasteiger partial charge < -0.3 is 10.2 Å². The number of hydrogen-bond donors (Lipinski definition) is 2. The summed E-state index contributed by atoms with van der Waals surface area (Å²) < 4.78 is 13.8. The first kappa shape index (κ1) is 16.5. The van der Waals surface area contributed by atoms with Gasteiger partial charge in [-0.1, -0.05) is 36.4 Å². The number of rotatable bonds is 2. The number of aromatic hydroxyl groups is 2. The van der Waals surface area contributed by atoms with Crippen molar-refractivity contribution in [2.24, 2.45) is 0 Å². The van der Waals surface area contributed by atoms with Crippen LogP contribution in [0, 0.1) is 5.82 Å². The van der Waals surface area contributed by atoms with Crippen LogP contribution in [0.5, 0.6) is 11.5 Å². The van der Waals surface area contributed by atoms with Gasteiger partial charge >= 0.3 is 0 Å². The van der Waals surface area contributed by atoms with E-state index in [0.29, 0.717) is 17.7 Å². The molecule has 4 aromatic rings. The van der Waals surface area contributed by atoms with Crippen molar-refractivity contribution >= 4 is 0 Å². The van der Waals surface area contributed by atoms with E-state index in [-0.39, 0.29) is 17.3 Å². The molecule has 28 heavy (non-hydrogen) atoms. The van der Waals surface area contributed by atoms with Gasteiger partial charge in [-0.25, -0.2) is 9.37 Å². The van der Waals surface area contributed by atoms with E-state index in [9.17, 15) is 14.6 Å². The molecule has 0 radical (unpaired) electrons. The van der Waals surface area contributed by atoms with Crippen molar-refractivity contribution in [1.29, 1.82) is 0 Å². The molecule has 0 aliphatic heterocycles. The van der Waals surface area contributed by atoms with Gasteiger partial charge in [-0.3, -0.25) is 0 Å². The van der Waals surface area contributed by atoms with Crippen LogP contribution in [0.15, 0.2) is 72.8 Å². The fraction of sp³-hybridized carbons (Fsp3) is 0.0417. The number of halogens is 1. The molecule has 2 N–H and O–H groups in total. The predicted molar refractivity (Wildman–Crippen MR) is 107 cm³/mol. The average molecular weight is 369 g/mol. The highest BCUT2D eigenvalue weighted by Crippen LogP contribution is 2.46. The van der Waals surface area contributed by atoms with Crippen LogP contribution in [-0.2, 0) is 6.42 Å². The summed E-state index contributed by atoms with van der Waals surface area (Å²) in [6, 6.07) is 20.7. The molecule has 1 aliphatic rings. The highest BCUT2D eigenvalue weighted by molar-refractivity contribution is 5.88. The van der Waals surface area contributed by atoms with E-state index in [1.165, 1.54) is 12.1 Å². The van der Waals surface area contributed by atoms with E-state index in [4.69, 9.17) is 4.98 Å². The molecule has 1 aliphatic carbocycles. The molecule has 0 amide bonds. The summed E-state index contributed by atoms with van der Waals surface area (Å²) in [5.74, 6) is 0.0618. The van der Waals surface area contributed by atoms with Gasteiger partial charge in [0.2, 0.25) is 0 Å². The Labute approximate surface area is 161 Å². The molecule has 0 bridgehead atoms. The van der Waals surface area contributed by atoms with Gasteiger partial charge in [-0.2, -0.15) is 0 Å². The SMILES string of the molecule is Oc1ccc(-c2cc(-c3cccc(F)c3)nc3c2Cc2cccc(O)c2-3)cc1. The third-order valence-corrected chi connectivity index (χ3v) is 5.16. The monoisotopic (exact) mass is 369 g/mol. The first-order valence-electron chi connectivity index (χ1n) is 9.00. The molecular formula is C24H16FNO2. The predicted octanol–water partition coefficient (Wildman–Crippen LogP) is 5.54. The Morgan fingerprint density at radius 1 is 0.821 bits per heavy atom. The van der Waals surface area contributed by atoms with Crippen LogP contribution in [0.25, 0.3) is 33.6 Å². The Hall–Kier alpha value is -3.66. The van der Waals surface area contributed by atoms with E-state index < -0.39 is 0 Å². The van der Waals surface area contributed by atoms with Crippen LogP contribution < -0.4 is 0 Å². The second-order valence-electron chi connectivity index (χ2n) is 6.93. The summed E-state index contributed by atoms with van der Waals surface area (Å²) in [4.78, 5) is 4.79. The van der Waals surface area contributed by atoms with Gasteiger partial charge in [0.25, 0.3) is 0 Å². The number of aromatic nitrogens is 1. The van der Waals surface area contributed by atoms with Gasteiger partial charge in [-0.05, 0) is 58.7 Å². The molecular weight excluding hydrogens is 353 g/mol. The lowest BCUT2D eigenvalue weighted by Gasteiger charge is -2.13. The summed E-state index contributed by atoms with van der Waals surface area (Å²) >= 11 is 0.